The van der Waals surface area contributed by atoms with E-state index in [4.69, 9.17) is 4.74 Å². The van der Waals surface area contributed by atoms with Crippen LogP contribution in [0.25, 0.3) is 0 Å². The van der Waals surface area contributed by atoms with Crippen molar-refractivity contribution in [3.63, 3.8) is 0 Å². The van der Waals surface area contributed by atoms with E-state index < -0.39 is 0 Å². The van der Waals surface area contributed by atoms with E-state index in [2.05, 4.69) is 13.8 Å². The fourth-order valence-corrected chi connectivity index (χ4v) is 2.19. The van der Waals surface area contributed by atoms with E-state index in [9.17, 15) is 4.79 Å². The summed E-state index contributed by atoms with van der Waals surface area (Å²) in [6.45, 7) is 12.5. The summed E-state index contributed by atoms with van der Waals surface area (Å²) in [5, 5.41) is 0. The zero-order valence-corrected chi connectivity index (χ0v) is 12.0. The van der Waals surface area contributed by atoms with E-state index in [0.29, 0.717) is 0 Å². The second-order valence-electron chi connectivity index (χ2n) is 6.36. The summed E-state index contributed by atoms with van der Waals surface area (Å²) in [5.41, 5.74) is -0.230. The van der Waals surface area contributed by atoms with Gasteiger partial charge in [0, 0.05) is 13.1 Å². The minimum Gasteiger partial charge on any atom is -0.366 e. The summed E-state index contributed by atoms with van der Waals surface area (Å²) in [6.07, 6.45) is 2.28. The summed E-state index contributed by atoms with van der Waals surface area (Å²) < 4.78 is 5.53. The molecule has 1 heterocycles. The molecule has 1 amide bonds. The average Bonchev–Trinajstić information content (AvgIpc) is 2.25. The number of carbonyl (C=O) groups is 1. The molecule has 3 nitrogen and oxygen atoms in total. The number of carbonyl (C=O) groups excluding carboxylic acids is 1. The van der Waals surface area contributed by atoms with E-state index in [1.165, 1.54) is 0 Å². The van der Waals surface area contributed by atoms with Crippen LogP contribution in [0.5, 0.6) is 0 Å². The maximum absolute atomic E-state index is 11.9. The van der Waals surface area contributed by atoms with E-state index >= 15 is 0 Å². The predicted molar refractivity (Wildman–Crippen MR) is 69.8 cm³/mol. The SMILES string of the molecule is CC(C)C1CCN(C(=O)COC(C)(C)C)CC1. The predicted octanol–water partition coefficient (Wildman–Crippen LogP) is 2.70. The van der Waals surface area contributed by atoms with Gasteiger partial charge in [-0.25, -0.2) is 0 Å². The first-order valence-electron chi connectivity index (χ1n) is 6.71. The Kier molecular flexibility index (Phi) is 4.99. The molecule has 17 heavy (non-hydrogen) atoms. The highest BCUT2D eigenvalue weighted by Crippen LogP contribution is 2.24. The maximum Gasteiger partial charge on any atom is 0.248 e. The first-order chi connectivity index (χ1) is 7.79. The summed E-state index contributed by atoms with van der Waals surface area (Å²) >= 11 is 0. The molecule has 0 radical (unpaired) electrons. The van der Waals surface area contributed by atoms with E-state index in [1.807, 2.05) is 25.7 Å². The highest BCUT2D eigenvalue weighted by molar-refractivity contribution is 5.77. The van der Waals surface area contributed by atoms with Gasteiger partial charge in [0.1, 0.15) is 6.61 Å². The van der Waals surface area contributed by atoms with E-state index in [1.54, 1.807) is 0 Å². The Morgan fingerprint density at radius 1 is 1.29 bits per heavy atom. The second-order valence-corrected chi connectivity index (χ2v) is 6.36. The summed E-state index contributed by atoms with van der Waals surface area (Å²) in [5.74, 6) is 1.66. The third-order valence-corrected chi connectivity index (χ3v) is 3.46. The lowest BCUT2D eigenvalue weighted by Gasteiger charge is -2.34. The number of hydrogen-bond donors (Lipinski definition) is 0. The lowest BCUT2D eigenvalue weighted by Crippen LogP contribution is -2.42. The lowest BCUT2D eigenvalue weighted by atomic mass is 9.87. The van der Waals surface area contributed by atoms with Gasteiger partial charge in [0.05, 0.1) is 5.60 Å². The van der Waals surface area contributed by atoms with Gasteiger partial charge >= 0.3 is 0 Å². The molecule has 0 unspecified atom stereocenters. The van der Waals surface area contributed by atoms with Crippen LogP contribution >= 0.6 is 0 Å². The molecule has 0 bridgehead atoms. The van der Waals surface area contributed by atoms with Crippen LogP contribution in [0.3, 0.4) is 0 Å². The number of likely N-dealkylation sites (tertiary alicyclic amines) is 1. The van der Waals surface area contributed by atoms with Gasteiger partial charge in [-0.3, -0.25) is 4.79 Å². The monoisotopic (exact) mass is 241 g/mol. The Morgan fingerprint density at radius 2 is 1.82 bits per heavy atom. The highest BCUT2D eigenvalue weighted by Gasteiger charge is 2.25. The van der Waals surface area contributed by atoms with Crippen LogP contribution in [-0.4, -0.2) is 36.1 Å². The molecule has 0 aliphatic carbocycles. The van der Waals surface area contributed by atoms with Gasteiger partial charge in [0.2, 0.25) is 5.91 Å². The van der Waals surface area contributed by atoms with Crippen molar-refractivity contribution in [2.24, 2.45) is 11.8 Å². The quantitative estimate of drug-likeness (QED) is 0.760. The van der Waals surface area contributed by atoms with Crippen molar-refractivity contribution in [1.29, 1.82) is 0 Å². The van der Waals surface area contributed by atoms with Gasteiger partial charge in [0.15, 0.2) is 0 Å². The summed E-state index contributed by atoms with van der Waals surface area (Å²) in [7, 11) is 0. The number of ether oxygens (including phenoxy) is 1. The Hall–Kier alpha value is -0.570. The Labute approximate surface area is 106 Å². The van der Waals surface area contributed by atoms with Crippen LogP contribution in [0.2, 0.25) is 0 Å². The molecule has 0 aromatic heterocycles. The Balaban J connectivity index is 2.31. The van der Waals surface area contributed by atoms with Gasteiger partial charge in [-0.2, -0.15) is 0 Å². The van der Waals surface area contributed by atoms with Crippen molar-refractivity contribution in [1.82, 2.24) is 4.90 Å². The molecule has 1 aliphatic rings. The first kappa shape index (κ1) is 14.5. The third-order valence-electron chi connectivity index (χ3n) is 3.46. The first-order valence-corrected chi connectivity index (χ1v) is 6.71. The molecule has 100 valence electrons. The van der Waals surface area contributed by atoms with E-state index in [0.717, 1.165) is 37.8 Å². The molecule has 0 aromatic rings. The average molecular weight is 241 g/mol. The molecule has 0 saturated carbocycles. The topological polar surface area (TPSA) is 29.5 Å². The fourth-order valence-electron chi connectivity index (χ4n) is 2.19. The van der Waals surface area contributed by atoms with Crippen molar-refractivity contribution in [3.8, 4) is 0 Å². The highest BCUT2D eigenvalue weighted by atomic mass is 16.5. The van der Waals surface area contributed by atoms with E-state index in [-0.39, 0.29) is 18.1 Å². The number of hydrogen-bond acceptors (Lipinski definition) is 2. The van der Waals surface area contributed by atoms with Crippen LogP contribution < -0.4 is 0 Å². The fraction of sp³-hybridized carbons (Fsp3) is 0.929. The summed E-state index contributed by atoms with van der Waals surface area (Å²) in [4.78, 5) is 13.9. The van der Waals surface area contributed by atoms with Crippen molar-refractivity contribution >= 4 is 5.91 Å². The van der Waals surface area contributed by atoms with Crippen molar-refractivity contribution in [2.45, 2.75) is 53.1 Å². The molecule has 3 heteroatoms. The number of nitrogens with zero attached hydrogens (tertiary/aromatic N) is 1. The van der Waals surface area contributed by atoms with Gasteiger partial charge in [0.25, 0.3) is 0 Å². The zero-order chi connectivity index (χ0) is 13.1. The van der Waals surface area contributed by atoms with Gasteiger partial charge in [-0.1, -0.05) is 13.8 Å². The standard InChI is InChI=1S/C14H27NO2/c1-11(2)12-6-8-15(9-7-12)13(16)10-17-14(3,4)5/h11-12H,6-10H2,1-5H3. The molecule has 0 N–H and O–H groups in total. The number of rotatable bonds is 3. The molecule has 1 saturated heterocycles. The molecule has 1 rings (SSSR count). The zero-order valence-electron chi connectivity index (χ0n) is 12.0. The van der Waals surface area contributed by atoms with Crippen molar-refractivity contribution in [3.05, 3.63) is 0 Å². The van der Waals surface area contributed by atoms with Crippen LogP contribution in [0, 0.1) is 11.8 Å². The number of piperidine rings is 1. The maximum atomic E-state index is 11.9. The van der Waals surface area contributed by atoms with Gasteiger partial charge in [-0.15, -0.1) is 0 Å². The molecule has 1 aliphatic heterocycles. The molecule has 1 fully saturated rings. The van der Waals surface area contributed by atoms with Gasteiger partial charge in [-0.05, 0) is 45.4 Å². The van der Waals surface area contributed by atoms with Crippen LogP contribution in [0.4, 0.5) is 0 Å². The molecule has 0 aromatic carbocycles. The lowest BCUT2D eigenvalue weighted by molar-refractivity contribution is -0.142. The summed E-state index contributed by atoms with van der Waals surface area (Å²) in [6, 6.07) is 0. The van der Waals surface area contributed by atoms with Crippen LogP contribution in [0.1, 0.15) is 47.5 Å². The second kappa shape index (κ2) is 5.85. The largest absolute Gasteiger partial charge is 0.366 e. The van der Waals surface area contributed by atoms with Crippen molar-refractivity contribution in [2.75, 3.05) is 19.7 Å². The molecule has 0 atom stereocenters. The molecular formula is C14H27NO2. The molecule has 0 spiro atoms. The molecular weight excluding hydrogens is 214 g/mol. The Bertz CT molecular complexity index is 247. The van der Waals surface area contributed by atoms with Crippen molar-refractivity contribution < 1.29 is 9.53 Å². The smallest absolute Gasteiger partial charge is 0.248 e. The van der Waals surface area contributed by atoms with Gasteiger partial charge < -0.3 is 9.64 Å². The third kappa shape index (κ3) is 5.07. The van der Waals surface area contributed by atoms with Crippen LogP contribution in [-0.2, 0) is 9.53 Å². The van der Waals surface area contributed by atoms with Crippen LogP contribution in [0.15, 0.2) is 0 Å². The minimum absolute atomic E-state index is 0.141. The minimum atomic E-state index is -0.230. The number of amides is 1. The Morgan fingerprint density at radius 3 is 2.24 bits per heavy atom. The normalized spacial score (nSPS) is 18.8.